The molecule has 2 aromatic carbocycles. The van der Waals surface area contributed by atoms with Gasteiger partial charge in [0.1, 0.15) is 5.15 Å². The summed E-state index contributed by atoms with van der Waals surface area (Å²) in [5.41, 5.74) is 2.58. The van der Waals surface area contributed by atoms with E-state index in [0.717, 1.165) is 5.69 Å². The Balaban J connectivity index is 1.89. The van der Waals surface area contributed by atoms with E-state index in [2.05, 4.69) is 5.10 Å². The normalized spacial score (nSPS) is 11.0. The van der Waals surface area contributed by atoms with Crippen LogP contribution in [0.3, 0.4) is 0 Å². The van der Waals surface area contributed by atoms with Gasteiger partial charge in [-0.2, -0.15) is 5.10 Å². The second-order valence-corrected chi connectivity index (χ2v) is 6.74. The van der Waals surface area contributed by atoms with Gasteiger partial charge in [-0.25, -0.2) is 4.68 Å². The van der Waals surface area contributed by atoms with Gasteiger partial charge < -0.3 is 9.47 Å². The minimum Gasteiger partial charge on any atom is -0.493 e. The fourth-order valence-corrected chi connectivity index (χ4v) is 3.24. The Labute approximate surface area is 173 Å². The SMILES string of the molecule is COc1ccc(C(=O)/C=C/c2c(C)nn(-c3cccc(Cl)c3)c2Cl)cc1OC. The van der Waals surface area contributed by atoms with E-state index in [1.165, 1.54) is 13.2 Å². The van der Waals surface area contributed by atoms with Crippen molar-refractivity contribution in [2.24, 2.45) is 0 Å². The summed E-state index contributed by atoms with van der Waals surface area (Å²) in [5.74, 6) is 0.862. The number of methoxy groups -OCH3 is 2. The fraction of sp³-hybridized carbons (Fsp3) is 0.143. The summed E-state index contributed by atoms with van der Waals surface area (Å²) in [5, 5.41) is 5.43. The molecular weight excluding hydrogens is 399 g/mol. The van der Waals surface area contributed by atoms with Gasteiger partial charge in [-0.05, 0) is 55.5 Å². The molecule has 1 heterocycles. The van der Waals surface area contributed by atoms with E-state index >= 15 is 0 Å². The number of rotatable bonds is 6. The first-order chi connectivity index (χ1) is 13.4. The summed E-state index contributed by atoms with van der Waals surface area (Å²) < 4.78 is 12.0. The van der Waals surface area contributed by atoms with Gasteiger partial charge in [0, 0.05) is 16.1 Å². The zero-order valence-corrected chi connectivity index (χ0v) is 17.1. The van der Waals surface area contributed by atoms with E-state index in [-0.39, 0.29) is 5.78 Å². The third-order valence-corrected chi connectivity index (χ3v) is 4.77. The van der Waals surface area contributed by atoms with E-state index in [0.29, 0.717) is 38.5 Å². The lowest BCUT2D eigenvalue weighted by atomic mass is 10.1. The molecule has 0 aliphatic carbocycles. The van der Waals surface area contributed by atoms with E-state index in [1.807, 2.05) is 19.1 Å². The van der Waals surface area contributed by atoms with Gasteiger partial charge in [0.15, 0.2) is 17.3 Å². The number of ketones is 1. The number of carbonyl (C=O) groups is 1. The number of aromatic nitrogens is 2. The first-order valence-corrected chi connectivity index (χ1v) is 9.15. The molecule has 0 bridgehead atoms. The van der Waals surface area contributed by atoms with Gasteiger partial charge >= 0.3 is 0 Å². The van der Waals surface area contributed by atoms with Gasteiger partial charge in [-0.1, -0.05) is 29.3 Å². The molecule has 0 radical (unpaired) electrons. The van der Waals surface area contributed by atoms with Crippen LogP contribution in [0.4, 0.5) is 0 Å². The minimum absolute atomic E-state index is 0.188. The number of ether oxygens (including phenoxy) is 2. The average molecular weight is 417 g/mol. The van der Waals surface area contributed by atoms with Gasteiger partial charge in [0.25, 0.3) is 0 Å². The first kappa shape index (κ1) is 20.0. The standard InChI is InChI=1S/C21H18Cl2N2O3/c1-13-17(21(23)25(24-13)16-6-4-5-15(22)12-16)8-9-18(26)14-7-10-19(27-2)20(11-14)28-3/h4-12H,1-3H3/b9-8+. The van der Waals surface area contributed by atoms with E-state index in [9.17, 15) is 4.79 Å². The first-order valence-electron chi connectivity index (χ1n) is 8.40. The largest absolute Gasteiger partial charge is 0.493 e. The zero-order valence-electron chi connectivity index (χ0n) is 15.6. The van der Waals surface area contributed by atoms with Crippen molar-refractivity contribution in [1.82, 2.24) is 9.78 Å². The van der Waals surface area contributed by atoms with Crippen molar-refractivity contribution >= 4 is 35.1 Å². The summed E-state index contributed by atoms with van der Waals surface area (Å²) in [6.07, 6.45) is 3.12. The number of benzene rings is 2. The van der Waals surface area contributed by atoms with Crippen LogP contribution in [-0.4, -0.2) is 29.8 Å². The quantitative estimate of drug-likeness (QED) is 0.398. The fourth-order valence-electron chi connectivity index (χ4n) is 2.72. The summed E-state index contributed by atoms with van der Waals surface area (Å²) in [7, 11) is 3.07. The third kappa shape index (κ3) is 4.06. The topological polar surface area (TPSA) is 53.3 Å². The summed E-state index contributed by atoms with van der Waals surface area (Å²) in [6, 6.07) is 12.2. The Kier molecular flexibility index (Phi) is 6.07. The van der Waals surface area contributed by atoms with Crippen molar-refractivity contribution in [3.05, 3.63) is 75.5 Å². The van der Waals surface area contributed by atoms with Gasteiger partial charge in [-0.3, -0.25) is 4.79 Å². The van der Waals surface area contributed by atoms with Crippen LogP contribution in [0, 0.1) is 6.92 Å². The van der Waals surface area contributed by atoms with E-state index in [4.69, 9.17) is 32.7 Å². The molecule has 1 aromatic heterocycles. The van der Waals surface area contributed by atoms with Gasteiger partial charge in [0.2, 0.25) is 0 Å². The van der Waals surface area contributed by atoms with Crippen LogP contribution in [0.5, 0.6) is 11.5 Å². The van der Waals surface area contributed by atoms with Crippen LogP contribution in [0.25, 0.3) is 11.8 Å². The predicted molar refractivity (Wildman–Crippen MR) is 111 cm³/mol. The predicted octanol–water partition coefficient (Wildman–Crippen LogP) is 5.40. The maximum atomic E-state index is 12.6. The highest BCUT2D eigenvalue weighted by Crippen LogP contribution is 2.29. The molecule has 5 nitrogen and oxygen atoms in total. The maximum Gasteiger partial charge on any atom is 0.185 e. The van der Waals surface area contributed by atoms with Crippen molar-refractivity contribution < 1.29 is 14.3 Å². The Morgan fingerprint density at radius 2 is 1.82 bits per heavy atom. The van der Waals surface area contributed by atoms with Crippen LogP contribution in [0.1, 0.15) is 21.6 Å². The molecule has 0 saturated heterocycles. The highest BCUT2D eigenvalue weighted by molar-refractivity contribution is 6.32. The third-order valence-electron chi connectivity index (χ3n) is 4.17. The molecule has 7 heteroatoms. The molecule has 0 saturated carbocycles. The molecule has 0 unspecified atom stereocenters. The summed E-state index contributed by atoms with van der Waals surface area (Å²) in [4.78, 5) is 12.6. The minimum atomic E-state index is -0.188. The number of hydrogen-bond donors (Lipinski definition) is 0. The van der Waals surface area contributed by atoms with Crippen LogP contribution >= 0.6 is 23.2 Å². The van der Waals surface area contributed by atoms with Crippen molar-refractivity contribution in [2.75, 3.05) is 14.2 Å². The summed E-state index contributed by atoms with van der Waals surface area (Å²) >= 11 is 12.5. The molecule has 3 rings (SSSR count). The molecule has 0 fully saturated rings. The molecular formula is C21H18Cl2N2O3. The van der Waals surface area contributed by atoms with Crippen molar-refractivity contribution in [3.8, 4) is 17.2 Å². The number of aryl methyl sites for hydroxylation is 1. The molecule has 0 atom stereocenters. The lowest BCUT2D eigenvalue weighted by molar-refractivity contribution is 0.104. The van der Waals surface area contributed by atoms with Crippen LogP contribution in [0.2, 0.25) is 10.2 Å². The monoisotopic (exact) mass is 416 g/mol. The summed E-state index contributed by atoms with van der Waals surface area (Å²) in [6.45, 7) is 1.83. The van der Waals surface area contributed by atoms with Crippen molar-refractivity contribution in [1.29, 1.82) is 0 Å². The van der Waals surface area contributed by atoms with E-state index < -0.39 is 0 Å². The average Bonchev–Trinajstić information content (AvgIpc) is 2.99. The van der Waals surface area contributed by atoms with Crippen LogP contribution in [0.15, 0.2) is 48.5 Å². The number of allylic oxidation sites excluding steroid dienone is 1. The zero-order chi connectivity index (χ0) is 20.3. The number of halogens is 2. The molecule has 144 valence electrons. The molecule has 0 aliphatic rings. The Hall–Kier alpha value is -2.76. The molecule has 0 N–H and O–H groups in total. The van der Waals surface area contributed by atoms with E-state index in [1.54, 1.807) is 48.2 Å². The molecule has 0 spiro atoms. The lowest BCUT2D eigenvalue weighted by Crippen LogP contribution is -1.97. The van der Waals surface area contributed by atoms with Crippen molar-refractivity contribution in [3.63, 3.8) is 0 Å². The lowest BCUT2D eigenvalue weighted by Gasteiger charge is -2.08. The second kappa shape index (κ2) is 8.50. The highest BCUT2D eigenvalue weighted by Gasteiger charge is 2.14. The molecule has 3 aromatic rings. The Morgan fingerprint density at radius 3 is 2.50 bits per heavy atom. The van der Waals surface area contributed by atoms with Crippen LogP contribution < -0.4 is 9.47 Å². The van der Waals surface area contributed by atoms with Crippen molar-refractivity contribution in [2.45, 2.75) is 6.92 Å². The Bertz CT molecular complexity index is 1060. The molecule has 0 amide bonds. The highest BCUT2D eigenvalue weighted by atomic mass is 35.5. The molecule has 28 heavy (non-hydrogen) atoms. The number of carbonyl (C=O) groups excluding carboxylic acids is 1. The van der Waals surface area contributed by atoms with Gasteiger partial charge in [0.05, 0.1) is 25.6 Å². The number of nitrogens with zero attached hydrogens (tertiary/aromatic N) is 2. The smallest absolute Gasteiger partial charge is 0.185 e. The maximum absolute atomic E-state index is 12.6. The second-order valence-electron chi connectivity index (χ2n) is 5.95. The number of hydrogen-bond acceptors (Lipinski definition) is 4. The Morgan fingerprint density at radius 1 is 1.07 bits per heavy atom. The molecule has 0 aliphatic heterocycles. The van der Waals surface area contributed by atoms with Gasteiger partial charge in [-0.15, -0.1) is 0 Å². The van der Waals surface area contributed by atoms with Crippen LogP contribution in [-0.2, 0) is 0 Å².